The van der Waals surface area contributed by atoms with Gasteiger partial charge in [-0.25, -0.2) is 0 Å². The fourth-order valence-electron chi connectivity index (χ4n) is 1.98. The Morgan fingerprint density at radius 3 is 2.71 bits per heavy atom. The number of ether oxygens (including phenoxy) is 2. The molecule has 0 aromatic heterocycles. The SMILES string of the molecule is COc1cc(C#N)ccc1NC1CC(OC)C1. The van der Waals surface area contributed by atoms with Gasteiger partial charge >= 0.3 is 0 Å². The lowest BCUT2D eigenvalue weighted by molar-refractivity contribution is 0.0328. The molecular formula is C13H16N2O2. The Bertz CT molecular complexity index is 434. The average Bonchev–Trinajstić information content (AvgIpc) is 2.33. The van der Waals surface area contributed by atoms with E-state index in [1.165, 1.54) is 0 Å². The van der Waals surface area contributed by atoms with Gasteiger partial charge in [-0.3, -0.25) is 0 Å². The van der Waals surface area contributed by atoms with Crippen LogP contribution in [0.2, 0.25) is 0 Å². The van der Waals surface area contributed by atoms with Crippen molar-refractivity contribution in [2.24, 2.45) is 0 Å². The molecule has 1 aromatic rings. The molecule has 0 saturated heterocycles. The molecule has 1 saturated carbocycles. The lowest BCUT2D eigenvalue weighted by atomic mass is 9.89. The van der Waals surface area contributed by atoms with Crippen LogP contribution >= 0.6 is 0 Å². The van der Waals surface area contributed by atoms with Crippen molar-refractivity contribution in [1.29, 1.82) is 5.26 Å². The van der Waals surface area contributed by atoms with Gasteiger partial charge in [-0.1, -0.05) is 0 Å². The van der Waals surface area contributed by atoms with Crippen molar-refractivity contribution in [2.75, 3.05) is 19.5 Å². The van der Waals surface area contributed by atoms with Gasteiger partial charge in [0.15, 0.2) is 0 Å². The first-order chi connectivity index (χ1) is 8.26. The molecule has 4 heteroatoms. The van der Waals surface area contributed by atoms with E-state index in [0.717, 1.165) is 18.5 Å². The Morgan fingerprint density at radius 1 is 1.35 bits per heavy atom. The van der Waals surface area contributed by atoms with Crippen LogP contribution in [-0.2, 0) is 4.74 Å². The molecule has 0 bridgehead atoms. The number of nitrogens with zero attached hydrogens (tertiary/aromatic N) is 1. The summed E-state index contributed by atoms with van der Waals surface area (Å²) in [6.07, 6.45) is 2.40. The highest BCUT2D eigenvalue weighted by Gasteiger charge is 2.29. The first-order valence-electron chi connectivity index (χ1n) is 5.64. The number of methoxy groups -OCH3 is 2. The minimum absolute atomic E-state index is 0.372. The number of nitrogens with one attached hydrogen (secondary N) is 1. The summed E-state index contributed by atoms with van der Waals surface area (Å²) in [5.41, 5.74) is 1.54. The van der Waals surface area contributed by atoms with Gasteiger partial charge in [0.1, 0.15) is 5.75 Å². The van der Waals surface area contributed by atoms with Gasteiger partial charge < -0.3 is 14.8 Å². The molecule has 1 fully saturated rings. The number of hydrogen-bond acceptors (Lipinski definition) is 4. The maximum absolute atomic E-state index is 8.81. The zero-order valence-corrected chi connectivity index (χ0v) is 10.1. The van der Waals surface area contributed by atoms with E-state index in [-0.39, 0.29) is 0 Å². The van der Waals surface area contributed by atoms with Crippen molar-refractivity contribution >= 4 is 5.69 Å². The fraction of sp³-hybridized carbons (Fsp3) is 0.462. The smallest absolute Gasteiger partial charge is 0.143 e. The second kappa shape index (κ2) is 5.07. The normalized spacial score (nSPS) is 22.4. The first-order valence-corrected chi connectivity index (χ1v) is 5.64. The summed E-state index contributed by atoms with van der Waals surface area (Å²) in [5, 5.41) is 12.2. The highest BCUT2D eigenvalue weighted by atomic mass is 16.5. The van der Waals surface area contributed by atoms with Gasteiger partial charge in [0.2, 0.25) is 0 Å². The summed E-state index contributed by atoms with van der Waals surface area (Å²) in [4.78, 5) is 0. The molecule has 1 aromatic carbocycles. The third kappa shape index (κ3) is 2.51. The van der Waals surface area contributed by atoms with E-state index < -0.39 is 0 Å². The Kier molecular flexibility index (Phi) is 3.50. The highest BCUT2D eigenvalue weighted by molar-refractivity contribution is 5.60. The van der Waals surface area contributed by atoms with Crippen LogP contribution in [0.4, 0.5) is 5.69 Å². The maximum atomic E-state index is 8.81. The lowest BCUT2D eigenvalue weighted by Crippen LogP contribution is -2.40. The second-order valence-corrected chi connectivity index (χ2v) is 4.20. The monoisotopic (exact) mass is 232 g/mol. The predicted octanol–water partition coefficient (Wildman–Crippen LogP) is 2.16. The average molecular weight is 232 g/mol. The number of benzene rings is 1. The predicted molar refractivity (Wildman–Crippen MR) is 65.2 cm³/mol. The van der Waals surface area contributed by atoms with Gasteiger partial charge in [0.25, 0.3) is 0 Å². The molecule has 0 unspecified atom stereocenters. The first kappa shape index (κ1) is 11.7. The van der Waals surface area contributed by atoms with Crippen LogP contribution in [-0.4, -0.2) is 26.4 Å². The Hall–Kier alpha value is -1.73. The summed E-state index contributed by atoms with van der Waals surface area (Å²) >= 11 is 0. The van der Waals surface area contributed by atoms with Crippen molar-refractivity contribution in [3.05, 3.63) is 23.8 Å². The van der Waals surface area contributed by atoms with Gasteiger partial charge in [-0.05, 0) is 25.0 Å². The molecule has 0 spiro atoms. The third-order valence-corrected chi connectivity index (χ3v) is 3.12. The van der Waals surface area contributed by atoms with Crippen molar-refractivity contribution in [1.82, 2.24) is 0 Å². The zero-order chi connectivity index (χ0) is 12.3. The molecule has 0 heterocycles. The minimum atomic E-state index is 0.372. The van der Waals surface area contributed by atoms with E-state index >= 15 is 0 Å². The van der Waals surface area contributed by atoms with Crippen LogP contribution < -0.4 is 10.1 Å². The standard InChI is InChI=1S/C13H16N2O2/c1-16-11-6-10(7-11)15-12-4-3-9(8-14)5-13(12)17-2/h3-5,10-11,15H,6-7H2,1-2H3. The lowest BCUT2D eigenvalue weighted by Gasteiger charge is -2.35. The van der Waals surface area contributed by atoms with E-state index in [2.05, 4.69) is 11.4 Å². The molecule has 4 nitrogen and oxygen atoms in total. The topological polar surface area (TPSA) is 54.3 Å². The maximum Gasteiger partial charge on any atom is 0.143 e. The second-order valence-electron chi connectivity index (χ2n) is 4.20. The van der Waals surface area contributed by atoms with E-state index in [1.807, 2.05) is 6.07 Å². The van der Waals surface area contributed by atoms with E-state index in [0.29, 0.717) is 23.5 Å². The van der Waals surface area contributed by atoms with Crippen molar-refractivity contribution < 1.29 is 9.47 Å². The minimum Gasteiger partial charge on any atom is -0.495 e. The van der Waals surface area contributed by atoms with E-state index in [1.54, 1.807) is 26.4 Å². The molecule has 90 valence electrons. The van der Waals surface area contributed by atoms with Crippen LogP contribution in [0.25, 0.3) is 0 Å². The molecule has 1 aliphatic rings. The molecule has 0 amide bonds. The summed E-state index contributed by atoms with van der Waals surface area (Å²) in [6.45, 7) is 0. The molecule has 17 heavy (non-hydrogen) atoms. The Balaban J connectivity index is 2.04. The molecule has 0 radical (unpaired) electrons. The van der Waals surface area contributed by atoms with Gasteiger partial charge in [-0.15, -0.1) is 0 Å². The van der Waals surface area contributed by atoms with Crippen LogP contribution in [0.3, 0.4) is 0 Å². The quantitative estimate of drug-likeness (QED) is 0.864. The van der Waals surface area contributed by atoms with Crippen molar-refractivity contribution in [3.8, 4) is 11.8 Å². The third-order valence-electron chi connectivity index (χ3n) is 3.12. The number of nitriles is 1. The largest absolute Gasteiger partial charge is 0.495 e. The summed E-state index contributed by atoms with van der Waals surface area (Å²) < 4.78 is 10.5. The Morgan fingerprint density at radius 2 is 2.12 bits per heavy atom. The fourth-order valence-corrected chi connectivity index (χ4v) is 1.98. The van der Waals surface area contributed by atoms with Crippen LogP contribution in [0.15, 0.2) is 18.2 Å². The summed E-state index contributed by atoms with van der Waals surface area (Å²) in [7, 11) is 3.35. The van der Waals surface area contributed by atoms with Crippen molar-refractivity contribution in [2.45, 2.75) is 25.0 Å². The van der Waals surface area contributed by atoms with Crippen molar-refractivity contribution in [3.63, 3.8) is 0 Å². The molecular weight excluding hydrogens is 216 g/mol. The molecule has 0 aliphatic heterocycles. The van der Waals surface area contributed by atoms with Crippen LogP contribution in [0.5, 0.6) is 5.75 Å². The van der Waals surface area contributed by atoms with Gasteiger partial charge in [-0.2, -0.15) is 5.26 Å². The number of anilines is 1. The van der Waals surface area contributed by atoms with Gasteiger partial charge in [0.05, 0.1) is 30.5 Å². The highest BCUT2D eigenvalue weighted by Crippen LogP contribution is 2.31. The zero-order valence-electron chi connectivity index (χ0n) is 10.1. The van der Waals surface area contributed by atoms with Crippen LogP contribution in [0, 0.1) is 11.3 Å². The number of hydrogen-bond donors (Lipinski definition) is 1. The van der Waals surface area contributed by atoms with Gasteiger partial charge in [0, 0.05) is 19.2 Å². The number of rotatable bonds is 4. The molecule has 2 rings (SSSR count). The van der Waals surface area contributed by atoms with E-state index in [4.69, 9.17) is 14.7 Å². The summed E-state index contributed by atoms with van der Waals surface area (Å²) in [6, 6.07) is 7.95. The van der Waals surface area contributed by atoms with E-state index in [9.17, 15) is 0 Å². The molecule has 1 N–H and O–H groups in total. The molecule has 0 atom stereocenters. The summed E-state index contributed by atoms with van der Waals surface area (Å²) in [5.74, 6) is 0.713. The molecule has 1 aliphatic carbocycles. The van der Waals surface area contributed by atoms with Crippen LogP contribution in [0.1, 0.15) is 18.4 Å². The Labute approximate surface area is 101 Å².